The van der Waals surface area contributed by atoms with Crippen molar-refractivity contribution in [2.45, 2.75) is 33.6 Å². The molecule has 0 atom stereocenters. The molecule has 2 N–H and O–H groups in total. The van der Waals surface area contributed by atoms with Crippen LogP contribution in [-0.2, 0) is 16.6 Å². The summed E-state index contributed by atoms with van der Waals surface area (Å²) < 4.78 is 6.62. The minimum absolute atomic E-state index is 0.252. The van der Waals surface area contributed by atoms with E-state index in [1.54, 1.807) is 17.7 Å². The van der Waals surface area contributed by atoms with Crippen LogP contribution in [0.25, 0.3) is 11.3 Å². The van der Waals surface area contributed by atoms with Crippen molar-refractivity contribution in [3.8, 4) is 11.3 Å². The topological polar surface area (TPSA) is 102 Å². The molecule has 0 unspecified atom stereocenters. The average molecular weight is 333 g/mol. The monoisotopic (exact) mass is 333 g/mol. The van der Waals surface area contributed by atoms with E-state index in [1.165, 1.54) is 0 Å². The van der Waals surface area contributed by atoms with E-state index in [9.17, 15) is 9.59 Å². The predicted molar refractivity (Wildman–Crippen MR) is 88.5 cm³/mol. The van der Waals surface area contributed by atoms with Gasteiger partial charge in [-0.05, 0) is 33.3 Å². The second kappa shape index (κ2) is 7.76. The Morgan fingerprint density at radius 1 is 1.38 bits per heavy atom. The number of ether oxygens (including phenoxy) is 1. The van der Waals surface area contributed by atoms with E-state index in [4.69, 9.17) is 4.74 Å². The Kier molecular flexibility index (Phi) is 5.73. The van der Waals surface area contributed by atoms with E-state index in [2.05, 4.69) is 20.6 Å². The maximum atomic E-state index is 12.1. The quantitative estimate of drug-likeness (QED) is 0.590. The molecule has 8 nitrogen and oxygen atoms in total. The number of esters is 1. The first-order chi connectivity index (χ1) is 11.4. The Hall–Kier alpha value is -2.64. The first-order valence-corrected chi connectivity index (χ1v) is 7.93. The zero-order valence-electron chi connectivity index (χ0n) is 14.5. The van der Waals surface area contributed by atoms with Crippen LogP contribution < -0.4 is 5.32 Å². The number of H-pyrrole nitrogens is 1. The fourth-order valence-electron chi connectivity index (χ4n) is 2.47. The van der Waals surface area contributed by atoms with Crippen LogP contribution in [0.1, 0.15) is 41.6 Å². The maximum absolute atomic E-state index is 12.1. The third kappa shape index (κ3) is 4.01. The number of carbonyl (C=O) groups is 2. The lowest BCUT2D eigenvalue weighted by Gasteiger charge is -2.03. The lowest BCUT2D eigenvalue weighted by atomic mass is 10.1. The Labute approximate surface area is 140 Å². The van der Waals surface area contributed by atoms with E-state index in [0.717, 1.165) is 17.0 Å². The van der Waals surface area contributed by atoms with Crippen molar-refractivity contribution in [3.63, 3.8) is 0 Å². The van der Waals surface area contributed by atoms with Crippen molar-refractivity contribution in [2.24, 2.45) is 7.05 Å². The highest BCUT2D eigenvalue weighted by Gasteiger charge is 2.17. The number of hydrogen-bond donors (Lipinski definition) is 2. The van der Waals surface area contributed by atoms with Gasteiger partial charge in [-0.2, -0.15) is 10.2 Å². The molecule has 2 aromatic heterocycles. The molecule has 0 aliphatic rings. The molecule has 0 saturated carbocycles. The largest absolute Gasteiger partial charge is 0.466 e. The van der Waals surface area contributed by atoms with E-state index in [-0.39, 0.29) is 18.3 Å². The molecule has 1 amide bonds. The molecule has 2 aromatic rings. The highest BCUT2D eigenvalue weighted by molar-refractivity contribution is 5.93. The summed E-state index contributed by atoms with van der Waals surface area (Å²) in [6, 6.07) is 1.71. The fourth-order valence-corrected chi connectivity index (χ4v) is 2.47. The Balaban J connectivity index is 1.93. The maximum Gasteiger partial charge on any atom is 0.305 e. The molecule has 0 aromatic carbocycles. The third-order valence-electron chi connectivity index (χ3n) is 3.74. The predicted octanol–water partition coefficient (Wildman–Crippen LogP) is 1.50. The molecule has 0 radical (unpaired) electrons. The van der Waals surface area contributed by atoms with Crippen molar-refractivity contribution < 1.29 is 14.3 Å². The first kappa shape index (κ1) is 17.7. The normalized spacial score (nSPS) is 10.7. The van der Waals surface area contributed by atoms with Crippen LogP contribution in [-0.4, -0.2) is 45.0 Å². The van der Waals surface area contributed by atoms with Crippen LogP contribution >= 0.6 is 0 Å². The number of nitrogens with one attached hydrogen (secondary N) is 2. The number of nitrogens with zero attached hydrogens (tertiary/aromatic N) is 3. The standard InChI is InChI=1S/C16H23N5O3/c1-5-24-14(22)7-6-8-17-16(23)13-9-12(18-19-13)15-10(2)20-21(4)11(15)3/h9H,5-8H2,1-4H3,(H,17,23)(H,18,19). The fraction of sp³-hybridized carbons (Fsp3) is 0.500. The number of aromatic nitrogens is 4. The zero-order valence-corrected chi connectivity index (χ0v) is 14.5. The summed E-state index contributed by atoms with van der Waals surface area (Å²) in [6.45, 7) is 6.40. The summed E-state index contributed by atoms with van der Waals surface area (Å²) in [5, 5.41) is 14.1. The molecule has 0 saturated heterocycles. The number of rotatable bonds is 7. The van der Waals surface area contributed by atoms with Gasteiger partial charge in [-0.15, -0.1) is 0 Å². The third-order valence-corrected chi connectivity index (χ3v) is 3.74. The highest BCUT2D eigenvalue weighted by Crippen LogP contribution is 2.25. The van der Waals surface area contributed by atoms with Crippen LogP contribution in [0.2, 0.25) is 0 Å². The van der Waals surface area contributed by atoms with Crippen LogP contribution in [0.15, 0.2) is 6.07 Å². The van der Waals surface area contributed by atoms with Crippen molar-refractivity contribution >= 4 is 11.9 Å². The number of aryl methyl sites for hydroxylation is 2. The lowest BCUT2D eigenvalue weighted by molar-refractivity contribution is -0.143. The molecule has 0 aliphatic carbocycles. The molecule has 0 spiro atoms. The molecular weight excluding hydrogens is 310 g/mol. The minimum atomic E-state index is -0.253. The van der Waals surface area contributed by atoms with Gasteiger partial charge >= 0.3 is 5.97 Å². The van der Waals surface area contributed by atoms with E-state index >= 15 is 0 Å². The number of aromatic amines is 1. The first-order valence-electron chi connectivity index (χ1n) is 7.93. The number of amides is 1. The zero-order chi connectivity index (χ0) is 17.7. The van der Waals surface area contributed by atoms with E-state index < -0.39 is 0 Å². The van der Waals surface area contributed by atoms with Crippen molar-refractivity contribution in [1.29, 1.82) is 0 Å². The van der Waals surface area contributed by atoms with E-state index in [0.29, 0.717) is 31.0 Å². The Morgan fingerprint density at radius 3 is 2.75 bits per heavy atom. The van der Waals surface area contributed by atoms with Gasteiger partial charge in [-0.3, -0.25) is 19.4 Å². The molecule has 24 heavy (non-hydrogen) atoms. The van der Waals surface area contributed by atoms with Gasteiger partial charge in [0.05, 0.1) is 18.0 Å². The number of carbonyl (C=O) groups excluding carboxylic acids is 2. The molecule has 0 fully saturated rings. The van der Waals surface area contributed by atoms with Crippen molar-refractivity contribution in [1.82, 2.24) is 25.3 Å². The average Bonchev–Trinajstić information content (AvgIpc) is 3.09. The Bertz CT molecular complexity index is 732. The van der Waals surface area contributed by atoms with Crippen LogP contribution in [0.5, 0.6) is 0 Å². The van der Waals surface area contributed by atoms with Crippen molar-refractivity contribution in [2.75, 3.05) is 13.2 Å². The van der Waals surface area contributed by atoms with Gasteiger partial charge in [0.15, 0.2) is 0 Å². The summed E-state index contributed by atoms with van der Waals surface area (Å²) in [5.41, 5.74) is 3.84. The van der Waals surface area contributed by atoms with E-state index in [1.807, 2.05) is 20.9 Å². The van der Waals surface area contributed by atoms with Gasteiger partial charge in [0.2, 0.25) is 0 Å². The molecule has 0 bridgehead atoms. The molecule has 2 rings (SSSR count). The summed E-state index contributed by atoms with van der Waals surface area (Å²) >= 11 is 0. The molecule has 130 valence electrons. The second-order valence-electron chi connectivity index (χ2n) is 5.50. The molecular formula is C16H23N5O3. The molecule has 0 aliphatic heterocycles. The van der Waals surface area contributed by atoms with Crippen molar-refractivity contribution in [3.05, 3.63) is 23.1 Å². The molecule has 2 heterocycles. The summed E-state index contributed by atoms with van der Waals surface area (Å²) in [4.78, 5) is 23.3. The van der Waals surface area contributed by atoms with Crippen LogP contribution in [0.3, 0.4) is 0 Å². The SMILES string of the molecule is CCOC(=O)CCCNC(=O)c1cc(-c2c(C)nn(C)c2C)n[nH]1. The highest BCUT2D eigenvalue weighted by atomic mass is 16.5. The number of hydrogen-bond acceptors (Lipinski definition) is 5. The van der Waals surface area contributed by atoms with Crippen LogP contribution in [0.4, 0.5) is 0 Å². The van der Waals surface area contributed by atoms with Gasteiger partial charge < -0.3 is 10.1 Å². The lowest BCUT2D eigenvalue weighted by Crippen LogP contribution is -2.25. The smallest absolute Gasteiger partial charge is 0.305 e. The Morgan fingerprint density at radius 2 is 2.12 bits per heavy atom. The summed E-state index contributed by atoms with van der Waals surface area (Å²) in [7, 11) is 1.87. The van der Waals surface area contributed by atoms with Gasteiger partial charge in [-0.25, -0.2) is 0 Å². The van der Waals surface area contributed by atoms with Gasteiger partial charge in [0, 0.05) is 31.3 Å². The van der Waals surface area contributed by atoms with Crippen LogP contribution in [0, 0.1) is 13.8 Å². The molecule has 8 heteroatoms. The minimum Gasteiger partial charge on any atom is -0.466 e. The summed E-state index contributed by atoms with van der Waals surface area (Å²) in [5.74, 6) is -0.505. The second-order valence-corrected chi connectivity index (χ2v) is 5.50. The van der Waals surface area contributed by atoms with Gasteiger partial charge in [0.25, 0.3) is 5.91 Å². The summed E-state index contributed by atoms with van der Waals surface area (Å²) in [6.07, 6.45) is 0.822. The van der Waals surface area contributed by atoms with Gasteiger partial charge in [0.1, 0.15) is 5.69 Å². The van der Waals surface area contributed by atoms with Gasteiger partial charge in [-0.1, -0.05) is 0 Å².